The first-order valence-corrected chi connectivity index (χ1v) is 6.17. The Morgan fingerprint density at radius 1 is 1.47 bits per heavy atom. The molecule has 3 nitrogen and oxygen atoms in total. The summed E-state index contributed by atoms with van der Waals surface area (Å²) in [5.41, 5.74) is 2.37. The van der Waals surface area contributed by atoms with Crippen molar-refractivity contribution in [1.29, 1.82) is 0 Å². The minimum absolute atomic E-state index is 0.368. The summed E-state index contributed by atoms with van der Waals surface area (Å²) in [6, 6.07) is 7.77. The molecule has 0 fully saturated rings. The molecule has 0 amide bonds. The van der Waals surface area contributed by atoms with E-state index in [1.807, 2.05) is 23.1 Å². The molecule has 0 bridgehead atoms. The Balaban J connectivity index is 2.35. The van der Waals surface area contributed by atoms with Crippen molar-refractivity contribution in [1.82, 2.24) is 0 Å². The fraction of sp³-hybridized carbons (Fsp3) is 0.500. The maximum Gasteiger partial charge on any atom is 0.326 e. The lowest BCUT2D eigenvalue weighted by molar-refractivity contribution is -0.138. The molecule has 17 heavy (non-hydrogen) atoms. The van der Waals surface area contributed by atoms with Gasteiger partial charge in [0.15, 0.2) is 0 Å². The standard InChI is InChI=1S/C14H19NO2/c1-10(2)9-15-12-6-4-3-5-11(12)7-8-13(15)14(16)17/h3-6,10,13H,7-9H2,1-2H3,(H,16,17)/t13-/m0/s1. The minimum Gasteiger partial charge on any atom is -0.480 e. The third-order valence-electron chi connectivity index (χ3n) is 3.21. The van der Waals surface area contributed by atoms with Gasteiger partial charge in [0.1, 0.15) is 6.04 Å². The van der Waals surface area contributed by atoms with Crippen LogP contribution in [0, 0.1) is 5.92 Å². The molecule has 2 rings (SSSR count). The molecule has 1 aromatic carbocycles. The lowest BCUT2D eigenvalue weighted by atomic mass is 9.94. The van der Waals surface area contributed by atoms with E-state index in [4.69, 9.17) is 0 Å². The van der Waals surface area contributed by atoms with Crippen molar-refractivity contribution < 1.29 is 9.90 Å². The number of anilines is 1. The van der Waals surface area contributed by atoms with Crippen molar-refractivity contribution in [3.63, 3.8) is 0 Å². The maximum absolute atomic E-state index is 11.3. The summed E-state index contributed by atoms with van der Waals surface area (Å²) < 4.78 is 0. The van der Waals surface area contributed by atoms with E-state index in [0.717, 1.165) is 18.7 Å². The number of fused-ring (bicyclic) bond motifs is 1. The van der Waals surface area contributed by atoms with E-state index < -0.39 is 5.97 Å². The maximum atomic E-state index is 11.3. The number of carbonyl (C=O) groups is 1. The van der Waals surface area contributed by atoms with Crippen LogP contribution in [0.4, 0.5) is 5.69 Å². The van der Waals surface area contributed by atoms with Gasteiger partial charge in [-0.2, -0.15) is 0 Å². The van der Waals surface area contributed by atoms with Crippen LogP contribution in [-0.4, -0.2) is 23.7 Å². The van der Waals surface area contributed by atoms with Gasteiger partial charge in [-0.3, -0.25) is 0 Å². The highest BCUT2D eigenvalue weighted by Crippen LogP contribution is 2.31. The first-order chi connectivity index (χ1) is 8.09. The lowest BCUT2D eigenvalue weighted by Gasteiger charge is -2.37. The second-order valence-electron chi connectivity index (χ2n) is 5.07. The number of hydrogen-bond acceptors (Lipinski definition) is 2. The van der Waals surface area contributed by atoms with Gasteiger partial charge in [0.25, 0.3) is 0 Å². The monoisotopic (exact) mass is 233 g/mol. The molecule has 0 aromatic heterocycles. The fourth-order valence-electron chi connectivity index (χ4n) is 2.49. The van der Waals surface area contributed by atoms with Crippen molar-refractivity contribution in [2.45, 2.75) is 32.7 Å². The third-order valence-corrected chi connectivity index (χ3v) is 3.21. The smallest absolute Gasteiger partial charge is 0.326 e. The number of aryl methyl sites for hydroxylation is 1. The van der Waals surface area contributed by atoms with E-state index in [1.165, 1.54) is 5.56 Å². The van der Waals surface area contributed by atoms with Crippen LogP contribution in [-0.2, 0) is 11.2 Å². The molecular formula is C14H19NO2. The number of carboxylic acids is 1. The molecule has 0 saturated carbocycles. The van der Waals surface area contributed by atoms with Gasteiger partial charge in [-0.15, -0.1) is 0 Å². The molecule has 0 radical (unpaired) electrons. The van der Waals surface area contributed by atoms with Gasteiger partial charge < -0.3 is 10.0 Å². The highest BCUT2D eigenvalue weighted by Gasteiger charge is 2.31. The van der Waals surface area contributed by atoms with Gasteiger partial charge in [-0.25, -0.2) is 4.79 Å². The van der Waals surface area contributed by atoms with Crippen molar-refractivity contribution in [2.24, 2.45) is 5.92 Å². The molecule has 0 aliphatic carbocycles. The summed E-state index contributed by atoms with van der Waals surface area (Å²) in [5.74, 6) is -0.247. The molecule has 1 aliphatic rings. The van der Waals surface area contributed by atoms with Gasteiger partial charge in [0.2, 0.25) is 0 Å². The summed E-state index contributed by atoms with van der Waals surface area (Å²) in [5, 5.41) is 9.31. The summed E-state index contributed by atoms with van der Waals surface area (Å²) in [7, 11) is 0. The van der Waals surface area contributed by atoms with E-state index in [1.54, 1.807) is 0 Å². The molecule has 1 heterocycles. The average molecular weight is 233 g/mol. The first kappa shape index (κ1) is 12.0. The van der Waals surface area contributed by atoms with Crippen LogP contribution in [0.5, 0.6) is 0 Å². The van der Waals surface area contributed by atoms with Gasteiger partial charge in [-0.1, -0.05) is 32.0 Å². The predicted molar refractivity (Wildman–Crippen MR) is 68.4 cm³/mol. The number of carboxylic acid groups (broad SMARTS) is 1. The van der Waals surface area contributed by atoms with Gasteiger partial charge in [0, 0.05) is 12.2 Å². The normalized spacial score (nSPS) is 19.2. The Kier molecular flexibility index (Phi) is 3.36. The van der Waals surface area contributed by atoms with Crippen molar-refractivity contribution in [3.05, 3.63) is 29.8 Å². The van der Waals surface area contributed by atoms with Gasteiger partial charge in [-0.05, 0) is 30.4 Å². The van der Waals surface area contributed by atoms with E-state index in [2.05, 4.69) is 19.9 Å². The number of para-hydroxylation sites is 1. The van der Waals surface area contributed by atoms with E-state index in [9.17, 15) is 9.90 Å². The summed E-state index contributed by atoms with van der Waals surface area (Å²) in [6.45, 7) is 5.04. The number of aliphatic carboxylic acids is 1. The Labute approximate surface area is 102 Å². The zero-order valence-corrected chi connectivity index (χ0v) is 10.4. The quantitative estimate of drug-likeness (QED) is 0.872. The first-order valence-electron chi connectivity index (χ1n) is 6.17. The second kappa shape index (κ2) is 4.78. The van der Waals surface area contributed by atoms with Crippen LogP contribution in [0.3, 0.4) is 0 Å². The van der Waals surface area contributed by atoms with Crippen LogP contribution in [0.25, 0.3) is 0 Å². The van der Waals surface area contributed by atoms with Gasteiger partial charge >= 0.3 is 5.97 Å². The van der Waals surface area contributed by atoms with Crippen LogP contribution in [0.1, 0.15) is 25.8 Å². The number of nitrogens with zero attached hydrogens (tertiary/aromatic N) is 1. The van der Waals surface area contributed by atoms with Crippen molar-refractivity contribution in [2.75, 3.05) is 11.4 Å². The molecule has 1 N–H and O–H groups in total. The Hall–Kier alpha value is -1.51. The minimum atomic E-state index is -0.708. The molecule has 92 valence electrons. The zero-order chi connectivity index (χ0) is 12.4. The molecule has 1 atom stereocenters. The molecule has 1 aliphatic heterocycles. The fourth-order valence-corrected chi connectivity index (χ4v) is 2.49. The van der Waals surface area contributed by atoms with E-state index in [0.29, 0.717) is 12.3 Å². The van der Waals surface area contributed by atoms with Crippen LogP contribution in [0.15, 0.2) is 24.3 Å². The summed E-state index contributed by atoms with van der Waals surface area (Å²) >= 11 is 0. The summed E-state index contributed by atoms with van der Waals surface area (Å²) in [6.07, 6.45) is 1.57. The average Bonchev–Trinajstić information content (AvgIpc) is 2.28. The van der Waals surface area contributed by atoms with Crippen LogP contribution in [0.2, 0.25) is 0 Å². The number of rotatable bonds is 3. The topological polar surface area (TPSA) is 40.5 Å². The molecule has 0 unspecified atom stereocenters. The number of hydrogen-bond donors (Lipinski definition) is 1. The largest absolute Gasteiger partial charge is 0.480 e. The van der Waals surface area contributed by atoms with Crippen LogP contribution >= 0.6 is 0 Å². The SMILES string of the molecule is CC(C)CN1c2ccccc2CC[C@H]1C(=O)O. The molecule has 3 heteroatoms. The predicted octanol–water partition coefficient (Wildman–Crippen LogP) is 2.55. The summed E-state index contributed by atoms with van der Waals surface area (Å²) in [4.78, 5) is 13.4. The molecule has 1 aromatic rings. The molecule has 0 saturated heterocycles. The highest BCUT2D eigenvalue weighted by atomic mass is 16.4. The van der Waals surface area contributed by atoms with E-state index in [-0.39, 0.29) is 6.04 Å². The third kappa shape index (κ3) is 2.43. The molecular weight excluding hydrogens is 214 g/mol. The Morgan fingerprint density at radius 2 is 2.18 bits per heavy atom. The highest BCUT2D eigenvalue weighted by molar-refractivity contribution is 5.80. The Bertz CT molecular complexity index is 414. The number of benzene rings is 1. The zero-order valence-electron chi connectivity index (χ0n) is 10.4. The second-order valence-corrected chi connectivity index (χ2v) is 5.07. The van der Waals surface area contributed by atoms with Crippen molar-refractivity contribution >= 4 is 11.7 Å². The van der Waals surface area contributed by atoms with Gasteiger partial charge in [0.05, 0.1) is 0 Å². The van der Waals surface area contributed by atoms with Crippen molar-refractivity contribution in [3.8, 4) is 0 Å². The van der Waals surface area contributed by atoms with Crippen LogP contribution < -0.4 is 4.90 Å². The lowest BCUT2D eigenvalue weighted by Crippen LogP contribution is -2.46. The van der Waals surface area contributed by atoms with E-state index >= 15 is 0 Å². The molecule has 0 spiro atoms. The Morgan fingerprint density at radius 3 is 2.82 bits per heavy atom.